The molecule has 6 nitrogen and oxygen atoms in total. The summed E-state index contributed by atoms with van der Waals surface area (Å²) in [6.07, 6.45) is 5.00. The van der Waals surface area contributed by atoms with Crippen LogP contribution in [0.4, 0.5) is 0 Å². The largest absolute Gasteiger partial charge is 0.339 e. The van der Waals surface area contributed by atoms with E-state index in [0.717, 1.165) is 12.8 Å². The first-order valence-electron chi connectivity index (χ1n) is 6.73. The summed E-state index contributed by atoms with van der Waals surface area (Å²) >= 11 is 0. The van der Waals surface area contributed by atoms with Gasteiger partial charge in [-0.2, -0.15) is 4.98 Å². The SMILES string of the molecule is Cc1noc(C2CCN(C(=O)c3ccncc3)CC2)n1. The Morgan fingerprint density at radius 1 is 1.30 bits per heavy atom. The minimum atomic E-state index is 0.0626. The lowest BCUT2D eigenvalue weighted by molar-refractivity contribution is 0.0704. The normalized spacial score (nSPS) is 16.4. The van der Waals surface area contributed by atoms with Gasteiger partial charge in [0, 0.05) is 37.0 Å². The summed E-state index contributed by atoms with van der Waals surface area (Å²) in [5.41, 5.74) is 0.687. The topological polar surface area (TPSA) is 72.1 Å². The van der Waals surface area contributed by atoms with Gasteiger partial charge in [-0.1, -0.05) is 5.16 Å². The molecule has 0 aliphatic carbocycles. The molecular weight excluding hydrogens is 256 g/mol. The van der Waals surface area contributed by atoms with Crippen molar-refractivity contribution >= 4 is 5.91 Å². The van der Waals surface area contributed by atoms with Crippen molar-refractivity contribution in [1.29, 1.82) is 0 Å². The number of carbonyl (C=O) groups is 1. The maximum absolute atomic E-state index is 12.3. The molecule has 0 radical (unpaired) electrons. The van der Waals surface area contributed by atoms with Gasteiger partial charge in [-0.05, 0) is 31.9 Å². The average molecular weight is 272 g/mol. The van der Waals surface area contributed by atoms with E-state index in [4.69, 9.17) is 4.52 Å². The molecule has 1 fully saturated rings. The van der Waals surface area contributed by atoms with Crippen LogP contribution in [-0.4, -0.2) is 39.0 Å². The number of aryl methyl sites for hydroxylation is 1. The fourth-order valence-corrected chi connectivity index (χ4v) is 2.49. The second-order valence-corrected chi connectivity index (χ2v) is 4.98. The number of piperidine rings is 1. The number of hydrogen-bond donors (Lipinski definition) is 0. The van der Waals surface area contributed by atoms with Crippen molar-refractivity contribution < 1.29 is 9.32 Å². The van der Waals surface area contributed by atoms with Crippen LogP contribution >= 0.6 is 0 Å². The molecule has 0 saturated carbocycles. The van der Waals surface area contributed by atoms with Crippen LogP contribution in [0.3, 0.4) is 0 Å². The third-order valence-electron chi connectivity index (χ3n) is 3.60. The van der Waals surface area contributed by atoms with Gasteiger partial charge in [0.1, 0.15) is 0 Å². The number of hydrogen-bond acceptors (Lipinski definition) is 5. The molecular formula is C14H16N4O2. The number of nitrogens with zero attached hydrogens (tertiary/aromatic N) is 4. The van der Waals surface area contributed by atoms with E-state index in [0.29, 0.717) is 30.4 Å². The molecule has 2 aromatic rings. The second kappa shape index (κ2) is 5.40. The molecule has 0 aromatic carbocycles. The van der Waals surface area contributed by atoms with Gasteiger partial charge >= 0.3 is 0 Å². The lowest BCUT2D eigenvalue weighted by atomic mass is 9.96. The van der Waals surface area contributed by atoms with Crippen molar-refractivity contribution in [3.63, 3.8) is 0 Å². The molecule has 1 saturated heterocycles. The molecule has 0 atom stereocenters. The van der Waals surface area contributed by atoms with Gasteiger partial charge in [0.05, 0.1) is 0 Å². The van der Waals surface area contributed by atoms with Gasteiger partial charge < -0.3 is 9.42 Å². The molecule has 2 aromatic heterocycles. The zero-order valence-electron chi connectivity index (χ0n) is 11.3. The highest BCUT2D eigenvalue weighted by atomic mass is 16.5. The number of likely N-dealkylation sites (tertiary alicyclic amines) is 1. The Kier molecular flexibility index (Phi) is 3.45. The summed E-state index contributed by atoms with van der Waals surface area (Å²) in [4.78, 5) is 22.4. The average Bonchev–Trinajstić information content (AvgIpc) is 2.94. The van der Waals surface area contributed by atoms with Crippen LogP contribution in [0, 0.1) is 6.92 Å². The monoisotopic (exact) mass is 272 g/mol. The van der Waals surface area contributed by atoms with Crippen LogP contribution < -0.4 is 0 Å². The molecule has 20 heavy (non-hydrogen) atoms. The van der Waals surface area contributed by atoms with Crippen LogP contribution in [0.15, 0.2) is 29.0 Å². The first-order chi connectivity index (χ1) is 9.74. The zero-order chi connectivity index (χ0) is 13.9. The summed E-state index contributed by atoms with van der Waals surface area (Å²) in [6, 6.07) is 3.49. The van der Waals surface area contributed by atoms with E-state index in [1.165, 1.54) is 0 Å². The lowest BCUT2D eigenvalue weighted by Crippen LogP contribution is -2.38. The van der Waals surface area contributed by atoms with E-state index in [1.807, 2.05) is 11.8 Å². The molecule has 6 heteroatoms. The number of amides is 1. The Bertz CT molecular complexity index is 588. The summed E-state index contributed by atoms with van der Waals surface area (Å²) < 4.78 is 5.21. The van der Waals surface area contributed by atoms with Crippen molar-refractivity contribution in [2.45, 2.75) is 25.7 Å². The molecule has 3 rings (SSSR count). The van der Waals surface area contributed by atoms with Crippen molar-refractivity contribution in [3.8, 4) is 0 Å². The molecule has 1 amide bonds. The first kappa shape index (κ1) is 12.8. The zero-order valence-corrected chi connectivity index (χ0v) is 11.3. The third-order valence-corrected chi connectivity index (χ3v) is 3.60. The summed E-state index contributed by atoms with van der Waals surface area (Å²) in [6.45, 7) is 3.25. The second-order valence-electron chi connectivity index (χ2n) is 4.98. The van der Waals surface area contributed by atoms with Gasteiger partial charge in [0.2, 0.25) is 5.89 Å². The maximum atomic E-state index is 12.3. The number of pyridine rings is 1. The van der Waals surface area contributed by atoms with Crippen molar-refractivity contribution in [3.05, 3.63) is 41.8 Å². The van der Waals surface area contributed by atoms with E-state index >= 15 is 0 Å². The van der Waals surface area contributed by atoms with Crippen LogP contribution in [0.1, 0.15) is 40.8 Å². The molecule has 1 aliphatic rings. The Labute approximate surface area is 116 Å². The maximum Gasteiger partial charge on any atom is 0.253 e. The Hall–Kier alpha value is -2.24. The van der Waals surface area contributed by atoms with Gasteiger partial charge in [-0.25, -0.2) is 0 Å². The summed E-state index contributed by atoms with van der Waals surface area (Å²) in [7, 11) is 0. The Balaban J connectivity index is 1.63. The van der Waals surface area contributed by atoms with E-state index in [1.54, 1.807) is 24.5 Å². The lowest BCUT2D eigenvalue weighted by Gasteiger charge is -2.30. The predicted molar refractivity (Wildman–Crippen MR) is 71.2 cm³/mol. The quantitative estimate of drug-likeness (QED) is 0.833. The van der Waals surface area contributed by atoms with Crippen molar-refractivity contribution in [2.75, 3.05) is 13.1 Å². The van der Waals surface area contributed by atoms with E-state index < -0.39 is 0 Å². The standard InChI is InChI=1S/C14H16N4O2/c1-10-16-13(20-17-10)11-4-8-18(9-5-11)14(19)12-2-6-15-7-3-12/h2-3,6-7,11H,4-5,8-9H2,1H3. The fraction of sp³-hybridized carbons (Fsp3) is 0.429. The predicted octanol–water partition coefficient (Wildman–Crippen LogP) is 1.79. The van der Waals surface area contributed by atoms with Crippen LogP contribution in [0.25, 0.3) is 0 Å². The van der Waals surface area contributed by atoms with Gasteiger partial charge in [0.15, 0.2) is 5.82 Å². The smallest absolute Gasteiger partial charge is 0.253 e. The summed E-state index contributed by atoms with van der Waals surface area (Å²) in [5, 5.41) is 3.82. The number of rotatable bonds is 2. The number of carbonyl (C=O) groups excluding carboxylic acids is 1. The molecule has 3 heterocycles. The van der Waals surface area contributed by atoms with Crippen molar-refractivity contribution in [2.24, 2.45) is 0 Å². The minimum absolute atomic E-state index is 0.0626. The third kappa shape index (κ3) is 2.54. The molecule has 1 aliphatic heterocycles. The van der Waals surface area contributed by atoms with Crippen LogP contribution in [0.2, 0.25) is 0 Å². The minimum Gasteiger partial charge on any atom is -0.339 e. The van der Waals surface area contributed by atoms with E-state index in [-0.39, 0.29) is 11.8 Å². The highest BCUT2D eigenvalue weighted by Gasteiger charge is 2.27. The highest BCUT2D eigenvalue weighted by molar-refractivity contribution is 5.94. The van der Waals surface area contributed by atoms with Crippen LogP contribution in [-0.2, 0) is 0 Å². The molecule has 0 bridgehead atoms. The van der Waals surface area contributed by atoms with Crippen molar-refractivity contribution in [1.82, 2.24) is 20.0 Å². The highest BCUT2D eigenvalue weighted by Crippen LogP contribution is 2.27. The fourth-order valence-electron chi connectivity index (χ4n) is 2.49. The first-order valence-corrected chi connectivity index (χ1v) is 6.73. The molecule has 0 unspecified atom stereocenters. The molecule has 0 spiro atoms. The molecule has 0 N–H and O–H groups in total. The van der Waals surface area contributed by atoms with E-state index in [9.17, 15) is 4.79 Å². The van der Waals surface area contributed by atoms with E-state index in [2.05, 4.69) is 15.1 Å². The Morgan fingerprint density at radius 3 is 2.60 bits per heavy atom. The summed E-state index contributed by atoms with van der Waals surface area (Å²) in [5.74, 6) is 1.68. The Morgan fingerprint density at radius 2 is 2.00 bits per heavy atom. The number of aromatic nitrogens is 3. The van der Waals surface area contributed by atoms with Gasteiger partial charge in [-0.15, -0.1) is 0 Å². The van der Waals surface area contributed by atoms with Crippen LogP contribution in [0.5, 0.6) is 0 Å². The van der Waals surface area contributed by atoms with Gasteiger partial charge in [-0.3, -0.25) is 9.78 Å². The molecule has 104 valence electrons. The van der Waals surface area contributed by atoms with Gasteiger partial charge in [0.25, 0.3) is 5.91 Å².